The molecule has 2 aromatic heterocycles. The molecule has 1 aliphatic carbocycles. The number of carbonyl (C=O) groups excluding carboxylic acids is 1. The Kier molecular flexibility index (Phi) is 5.59. The van der Waals surface area contributed by atoms with Crippen LogP contribution in [0.1, 0.15) is 68.5 Å². The molecule has 2 aliphatic heterocycles. The van der Waals surface area contributed by atoms with Crippen molar-refractivity contribution in [2.24, 2.45) is 5.73 Å². The average molecular weight is 473 g/mol. The van der Waals surface area contributed by atoms with Gasteiger partial charge in [0.25, 0.3) is 5.91 Å². The smallest absolute Gasteiger partial charge is 0.268 e. The second-order valence-electron chi connectivity index (χ2n) is 9.95. The van der Waals surface area contributed by atoms with Crippen LogP contribution >= 0.6 is 0 Å². The Morgan fingerprint density at radius 1 is 1.06 bits per heavy atom. The van der Waals surface area contributed by atoms with Crippen molar-refractivity contribution in [1.29, 1.82) is 0 Å². The lowest BCUT2D eigenvalue weighted by molar-refractivity contribution is -0.114. The zero-order chi connectivity index (χ0) is 23.9. The van der Waals surface area contributed by atoms with E-state index < -0.39 is 12.1 Å². The zero-order valence-corrected chi connectivity index (χ0v) is 20.2. The van der Waals surface area contributed by atoms with E-state index in [-0.39, 0.29) is 0 Å². The Balaban J connectivity index is 1.51. The molecule has 0 spiro atoms. The average Bonchev–Trinajstić information content (AvgIpc) is 3.62. The molecule has 1 aromatic carbocycles. The van der Waals surface area contributed by atoms with Crippen molar-refractivity contribution in [2.75, 3.05) is 22.9 Å². The molecule has 3 aliphatic rings. The molecule has 1 saturated carbocycles. The lowest BCUT2D eigenvalue weighted by Gasteiger charge is -2.35. The van der Waals surface area contributed by atoms with E-state index in [1.54, 1.807) is 6.20 Å². The third-order valence-electron chi connectivity index (χ3n) is 7.53. The van der Waals surface area contributed by atoms with Gasteiger partial charge in [0.1, 0.15) is 12.0 Å². The van der Waals surface area contributed by atoms with Crippen molar-refractivity contribution >= 4 is 28.2 Å². The monoisotopic (exact) mass is 472 g/mol. The van der Waals surface area contributed by atoms with Crippen molar-refractivity contribution in [2.45, 2.75) is 64.1 Å². The lowest BCUT2D eigenvalue weighted by Crippen LogP contribution is -2.35. The number of hydrogen-bond acceptors (Lipinski definition) is 6. The van der Waals surface area contributed by atoms with Crippen molar-refractivity contribution < 1.29 is 9.53 Å². The number of carbonyl (C=O) groups is 1. The Labute approximate surface area is 205 Å². The predicted molar refractivity (Wildman–Crippen MR) is 136 cm³/mol. The molecule has 3 aromatic rings. The summed E-state index contributed by atoms with van der Waals surface area (Å²) in [6.07, 6.45) is 13.3. The molecule has 0 bridgehead atoms. The highest BCUT2D eigenvalue weighted by Gasteiger charge is 2.36. The number of rotatable bonds is 5. The molecule has 8 nitrogen and oxygen atoms in total. The Hall–Kier alpha value is -3.55. The van der Waals surface area contributed by atoms with Gasteiger partial charge in [0, 0.05) is 42.1 Å². The van der Waals surface area contributed by atoms with Gasteiger partial charge >= 0.3 is 0 Å². The highest BCUT2D eigenvalue weighted by atomic mass is 16.5. The van der Waals surface area contributed by atoms with Crippen molar-refractivity contribution in [1.82, 2.24) is 14.8 Å². The van der Waals surface area contributed by atoms with Gasteiger partial charge < -0.3 is 15.4 Å². The quantitative estimate of drug-likeness (QED) is 0.579. The van der Waals surface area contributed by atoms with E-state index in [1.165, 1.54) is 38.4 Å². The molecule has 1 amide bonds. The Morgan fingerprint density at radius 2 is 1.86 bits per heavy atom. The minimum absolute atomic E-state index is 0.352. The number of hydrogen-bond donors (Lipinski definition) is 1. The Bertz CT molecular complexity index is 1290. The van der Waals surface area contributed by atoms with Gasteiger partial charge in [-0.2, -0.15) is 5.10 Å². The van der Waals surface area contributed by atoms with E-state index in [1.807, 2.05) is 24.0 Å². The molecule has 4 heterocycles. The third kappa shape index (κ3) is 4.00. The molecule has 2 N–H and O–H groups in total. The van der Waals surface area contributed by atoms with Gasteiger partial charge in [-0.05, 0) is 63.3 Å². The maximum absolute atomic E-state index is 12.5. The number of aryl methyl sites for hydroxylation is 1. The van der Waals surface area contributed by atoms with Crippen LogP contribution in [0.4, 0.5) is 11.4 Å². The van der Waals surface area contributed by atoms with E-state index in [2.05, 4.69) is 32.9 Å². The largest absolute Gasteiger partial charge is 0.471 e. The molecule has 35 heavy (non-hydrogen) atoms. The molecule has 182 valence electrons. The number of ether oxygens (including phenoxy) is 1. The second-order valence-corrected chi connectivity index (χ2v) is 9.95. The number of anilines is 2. The summed E-state index contributed by atoms with van der Waals surface area (Å²) in [7, 11) is 0. The SMILES string of the molecule is Cc1cc(C2OC=C(C(N)=O)N2c2cc3cn(C4CCCC4)nc3cc2N2CCCCC2)ccn1. The molecule has 0 radical (unpaired) electrons. The summed E-state index contributed by atoms with van der Waals surface area (Å²) in [5.41, 5.74) is 11.0. The van der Waals surface area contributed by atoms with Crippen LogP contribution in [-0.4, -0.2) is 33.8 Å². The number of amides is 1. The molecule has 8 heteroatoms. The minimum atomic E-state index is -0.510. The van der Waals surface area contributed by atoms with Gasteiger partial charge in [0.05, 0.1) is 22.9 Å². The van der Waals surface area contributed by atoms with Crippen LogP contribution in [0, 0.1) is 6.92 Å². The number of aromatic nitrogens is 3. The van der Waals surface area contributed by atoms with Gasteiger partial charge in [-0.25, -0.2) is 0 Å². The van der Waals surface area contributed by atoms with Gasteiger partial charge in [0.15, 0.2) is 0 Å². The normalized spacial score (nSPS) is 20.9. The predicted octanol–water partition coefficient (Wildman–Crippen LogP) is 4.71. The maximum atomic E-state index is 12.5. The summed E-state index contributed by atoms with van der Waals surface area (Å²) in [5, 5.41) is 6.05. The van der Waals surface area contributed by atoms with Crippen LogP contribution in [0.25, 0.3) is 10.9 Å². The van der Waals surface area contributed by atoms with Crippen LogP contribution < -0.4 is 15.5 Å². The topological polar surface area (TPSA) is 89.5 Å². The number of benzene rings is 1. The lowest BCUT2D eigenvalue weighted by atomic mass is 10.1. The molecular weight excluding hydrogens is 440 g/mol. The molecule has 1 atom stereocenters. The van der Waals surface area contributed by atoms with E-state index in [0.29, 0.717) is 11.7 Å². The summed E-state index contributed by atoms with van der Waals surface area (Å²) < 4.78 is 8.22. The van der Waals surface area contributed by atoms with Gasteiger partial charge in [-0.15, -0.1) is 0 Å². The summed E-state index contributed by atoms with van der Waals surface area (Å²) in [4.78, 5) is 21.2. The molecule has 6 rings (SSSR count). The fourth-order valence-electron chi connectivity index (χ4n) is 5.76. The minimum Gasteiger partial charge on any atom is -0.471 e. The molecule has 2 fully saturated rings. The third-order valence-corrected chi connectivity index (χ3v) is 7.53. The van der Waals surface area contributed by atoms with E-state index >= 15 is 0 Å². The van der Waals surface area contributed by atoms with Crippen LogP contribution in [-0.2, 0) is 9.53 Å². The van der Waals surface area contributed by atoms with Crippen LogP contribution in [0.3, 0.4) is 0 Å². The molecule has 1 unspecified atom stereocenters. The number of nitrogens with zero attached hydrogens (tertiary/aromatic N) is 5. The highest BCUT2D eigenvalue weighted by molar-refractivity contribution is 6.00. The Morgan fingerprint density at radius 3 is 2.60 bits per heavy atom. The van der Waals surface area contributed by atoms with Crippen LogP contribution in [0.15, 0.2) is 48.6 Å². The van der Waals surface area contributed by atoms with Crippen molar-refractivity contribution in [3.63, 3.8) is 0 Å². The maximum Gasteiger partial charge on any atom is 0.268 e. The standard InChI is InChI=1S/C27H32N6O2/c1-18-13-19(9-10-29-18)27-33(25(17-35-27)26(28)34)24-14-20-16-32(21-7-3-4-8-21)30-22(20)15-23(24)31-11-5-2-6-12-31/h9-10,13-17,21,27H,2-8,11-12H2,1H3,(H2,28,34). The van der Waals surface area contributed by atoms with Gasteiger partial charge in [-0.3, -0.25) is 19.4 Å². The molecular formula is C27H32N6O2. The van der Waals surface area contributed by atoms with Crippen molar-refractivity contribution in [3.8, 4) is 0 Å². The van der Waals surface area contributed by atoms with Crippen LogP contribution in [0.5, 0.6) is 0 Å². The first-order valence-electron chi connectivity index (χ1n) is 12.7. The first kappa shape index (κ1) is 21.9. The number of fused-ring (bicyclic) bond motifs is 1. The summed E-state index contributed by atoms with van der Waals surface area (Å²) >= 11 is 0. The first-order valence-corrected chi connectivity index (χ1v) is 12.7. The van der Waals surface area contributed by atoms with E-state index in [4.69, 9.17) is 15.6 Å². The second kappa shape index (κ2) is 8.91. The van der Waals surface area contributed by atoms with E-state index in [9.17, 15) is 4.79 Å². The van der Waals surface area contributed by atoms with Crippen molar-refractivity contribution in [3.05, 3.63) is 59.9 Å². The first-order chi connectivity index (χ1) is 17.1. The number of nitrogens with two attached hydrogens (primary N) is 1. The fraction of sp³-hybridized carbons (Fsp3) is 0.444. The fourth-order valence-corrected chi connectivity index (χ4v) is 5.76. The summed E-state index contributed by atoms with van der Waals surface area (Å²) in [6, 6.07) is 8.73. The number of primary amides is 1. The zero-order valence-electron chi connectivity index (χ0n) is 20.2. The highest BCUT2D eigenvalue weighted by Crippen LogP contribution is 2.44. The van der Waals surface area contributed by atoms with Gasteiger partial charge in [0.2, 0.25) is 6.23 Å². The number of pyridine rings is 1. The van der Waals surface area contributed by atoms with Crippen LogP contribution in [0.2, 0.25) is 0 Å². The summed E-state index contributed by atoms with van der Waals surface area (Å²) in [5.74, 6) is -0.510. The van der Waals surface area contributed by atoms with Gasteiger partial charge in [-0.1, -0.05) is 12.8 Å². The van der Waals surface area contributed by atoms with E-state index in [0.717, 1.165) is 59.5 Å². The molecule has 1 saturated heterocycles. The summed E-state index contributed by atoms with van der Waals surface area (Å²) in [6.45, 7) is 3.91. The number of piperidine rings is 1.